The molecule has 6 heteroatoms. The number of pyridine rings is 1. The molecule has 0 aliphatic rings. The summed E-state index contributed by atoms with van der Waals surface area (Å²) in [6.07, 6.45) is 2.66. The highest BCUT2D eigenvalue weighted by Crippen LogP contribution is 2.25. The summed E-state index contributed by atoms with van der Waals surface area (Å²) in [7, 11) is 1.63. The van der Waals surface area contributed by atoms with Gasteiger partial charge in [0.2, 0.25) is 17.3 Å². The molecule has 1 atom stereocenters. The Kier molecular flexibility index (Phi) is 4.86. The van der Waals surface area contributed by atoms with Crippen molar-refractivity contribution >= 4 is 0 Å². The number of aryl methyl sites for hydroxylation is 3. The molecule has 2 heterocycles. The Bertz CT molecular complexity index is 849. The van der Waals surface area contributed by atoms with Crippen LogP contribution in [0.1, 0.15) is 34.5 Å². The number of hydrogen-bond acceptors (Lipinski definition) is 5. The molecule has 0 spiro atoms. The summed E-state index contributed by atoms with van der Waals surface area (Å²) in [5, 5.41) is 4.06. The van der Waals surface area contributed by atoms with E-state index in [-0.39, 0.29) is 11.7 Å². The number of hydrogen-bond donors (Lipinski definition) is 1. The second kappa shape index (κ2) is 7.23. The highest BCUT2D eigenvalue weighted by atomic mass is 16.5. The SMILES string of the molecule is COC(c1noc(CCc2ccc(=O)[nH]c2)n1)c1ccccc1C. The summed E-state index contributed by atoms with van der Waals surface area (Å²) in [5.74, 6) is 1.06. The first kappa shape index (κ1) is 16.1. The predicted octanol–water partition coefficient (Wildman–Crippen LogP) is 2.59. The molecule has 0 aliphatic carbocycles. The summed E-state index contributed by atoms with van der Waals surface area (Å²) in [5.41, 5.74) is 3.04. The Morgan fingerprint density at radius 1 is 1.21 bits per heavy atom. The average molecular weight is 325 g/mol. The maximum absolute atomic E-state index is 11.1. The molecule has 0 bridgehead atoms. The zero-order chi connectivity index (χ0) is 16.9. The van der Waals surface area contributed by atoms with Gasteiger partial charge < -0.3 is 14.2 Å². The highest BCUT2D eigenvalue weighted by Gasteiger charge is 2.21. The number of ether oxygens (including phenoxy) is 1. The molecular weight excluding hydrogens is 306 g/mol. The molecule has 0 radical (unpaired) electrons. The Labute approximate surface area is 139 Å². The van der Waals surface area contributed by atoms with Gasteiger partial charge in [-0.1, -0.05) is 35.5 Å². The normalized spacial score (nSPS) is 12.2. The third-order valence-corrected chi connectivity index (χ3v) is 3.90. The van der Waals surface area contributed by atoms with E-state index in [1.807, 2.05) is 31.2 Å². The van der Waals surface area contributed by atoms with Crippen LogP contribution in [0, 0.1) is 6.92 Å². The Morgan fingerprint density at radius 3 is 2.75 bits per heavy atom. The van der Waals surface area contributed by atoms with Crippen molar-refractivity contribution in [3.05, 3.63) is 81.4 Å². The van der Waals surface area contributed by atoms with Crippen LogP contribution >= 0.6 is 0 Å². The van der Waals surface area contributed by atoms with Crippen LogP contribution in [0.3, 0.4) is 0 Å². The van der Waals surface area contributed by atoms with Crippen LogP contribution in [0.4, 0.5) is 0 Å². The van der Waals surface area contributed by atoms with Crippen LogP contribution < -0.4 is 5.56 Å². The van der Waals surface area contributed by atoms with Gasteiger partial charge in [0.05, 0.1) is 0 Å². The topological polar surface area (TPSA) is 81.0 Å². The van der Waals surface area contributed by atoms with Crippen LogP contribution in [-0.2, 0) is 17.6 Å². The van der Waals surface area contributed by atoms with Gasteiger partial charge in [-0.15, -0.1) is 0 Å². The third-order valence-electron chi connectivity index (χ3n) is 3.90. The number of nitrogens with one attached hydrogen (secondary N) is 1. The van der Waals surface area contributed by atoms with E-state index in [4.69, 9.17) is 9.26 Å². The second-order valence-electron chi connectivity index (χ2n) is 5.58. The minimum absolute atomic E-state index is 0.111. The Balaban J connectivity index is 1.73. The van der Waals surface area contributed by atoms with Gasteiger partial charge in [-0.2, -0.15) is 4.98 Å². The predicted molar refractivity (Wildman–Crippen MR) is 88.8 cm³/mol. The van der Waals surface area contributed by atoms with Gasteiger partial charge in [0.25, 0.3) is 0 Å². The first-order valence-electron chi connectivity index (χ1n) is 7.76. The fourth-order valence-electron chi connectivity index (χ4n) is 2.58. The molecule has 1 aromatic carbocycles. The van der Waals surface area contributed by atoms with Crippen molar-refractivity contribution in [1.82, 2.24) is 15.1 Å². The number of benzene rings is 1. The zero-order valence-corrected chi connectivity index (χ0v) is 13.7. The van der Waals surface area contributed by atoms with Crippen molar-refractivity contribution < 1.29 is 9.26 Å². The van der Waals surface area contributed by atoms with E-state index in [2.05, 4.69) is 15.1 Å². The van der Waals surface area contributed by atoms with Gasteiger partial charge in [-0.05, 0) is 30.0 Å². The third kappa shape index (κ3) is 3.60. The van der Waals surface area contributed by atoms with E-state index in [1.54, 1.807) is 19.4 Å². The molecule has 1 unspecified atom stereocenters. The largest absolute Gasteiger partial charge is 0.369 e. The van der Waals surface area contributed by atoms with E-state index >= 15 is 0 Å². The van der Waals surface area contributed by atoms with Gasteiger partial charge in [0.15, 0.2) is 0 Å². The summed E-state index contributed by atoms with van der Waals surface area (Å²) >= 11 is 0. The van der Waals surface area contributed by atoms with Gasteiger partial charge in [-0.3, -0.25) is 4.79 Å². The van der Waals surface area contributed by atoms with Crippen molar-refractivity contribution in [3.8, 4) is 0 Å². The van der Waals surface area contributed by atoms with E-state index < -0.39 is 0 Å². The van der Waals surface area contributed by atoms with Crippen LogP contribution in [0.15, 0.2) is 51.9 Å². The number of methoxy groups -OCH3 is 1. The average Bonchev–Trinajstić information content (AvgIpc) is 3.05. The van der Waals surface area contributed by atoms with Crippen molar-refractivity contribution in [2.45, 2.75) is 25.9 Å². The lowest BCUT2D eigenvalue weighted by molar-refractivity contribution is 0.126. The number of H-pyrrole nitrogens is 1. The van der Waals surface area contributed by atoms with Crippen LogP contribution in [0.5, 0.6) is 0 Å². The first-order chi connectivity index (χ1) is 11.7. The van der Waals surface area contributed by atoms with E-state index in [1.165, 1.54) is 6.07 Å². The molecule has 0 saturated carbocycles. The minimum Gasteiger partial charge on any atom is -0.369 e. The van der Waals surface area contributed by atoms with E-state index in [9.17, 15) is 4.79 Å². The molecule has 0 amide bonds. The maximum atomic E-state index is 11.1. The molecule has 3 rings (SSSR count). The zero-order valence-electron chi connectivity index (χ0n) is 13.7. The van der Waals surface area contributed by atoms with E-state index in [0.717, 1.165) is 16.7 Å². The fourth-order valence-corrected chi connectivity index (χ4v) is 2.58. The summed E-state index contributed by atoms with van der Waals surface area (Å²) < 4.78 is 10.9. The van der Waals surface area contributed by atoms with E-state index in [0.29, 0.717) is 24.6 Å². The molecule has 2 aromatic heterocycles. The summed E-state index contributed by atoms with van der Waals surface area (Å²) in [6.45, 7) is 2.03. The van der Waals surface area contributed by atoms with Crippen LogP contribution in [0.2, 0.25) is 0 Å². The van der Waals surface area contributed by atoms with Gasteiger partial charge >= 0.3 is 0 Å². The quantitative estimate of drug-likeness (QED) is 0.753. The lowest BCUT2D eigenvalue weighted by Gasteiger charge is -2.13. The van der Waals surface area contributed by atoms with Crippen LogP contribution in [0.25, 0.3) is 0 Å². The summed E-state index contributed by atoms with van der Waals surface area (Å²) in [4.78, 5) is 18.2. The summed E-state index contributed by atoms with van der Waals surface area (Å²) in [6, 6.07) is 11.3. The number of nitrogens with zero attached hydrogens (tertiary/aromatic N) is 2. The molecule has 6 nitrogen and oxygen atoms in total. The van der Waals surface area contributed by atoms with Crippen molar-refractivity contribution in [1.29, 1.82) is 0 Å². The molecule has 124 valence electrons. The lowest BCUT2D eigenvalue weighted by atomic mass is 10.0. The number of aromatic nitrogens is 3. The number of rotatable bonds is 6. The van der Waals surface area contributed by atoms with Crippen molar-refractivity contribution in [2.75, 3.05) is 7.11 Å². The fraction of sp³-hybridized carbons (Fsp3) is 0.278. The van der Waals surface area contributed by atoms with Gasteiger partial charge in [0, 0.05) is 25.8 Å². The molecule has 24 heavy (non-hydrogen) atoms. The van der Waals surface area contributed by atoms with Crippen LogP contribution in [-0.4, -0.2) is 22.2 Å². The molecule has 1 N–H and O–H groups in total. The minimum atomic E-state index is -0.350. The first-order valence-corrected chi connectivity index (χ1v) is 7.76. The molecular formula is C18H19N3O3. The van der Waals surface area contributed by atoms with Crippen molar-refractivity contribution in [3.63, 3.8) is 0 Å². The Hall–Kier alpha value is -2.73. The van der Waals surface area contributed by atoms with Gasteiger partial charge in [0.1, 0.15) is 6.10 Å². The molecule has 0 fully saturated rings. The number of aromatic amines is 1. The van der Waals surface area contributed by atoms with Crippen molar-refractivity contribution in [2.24, 2.45) is 0 Å². The maximum Gasteiger partial charge on any atom is 0.247 e. The lowest BCUT2D eigenvalue weighted by Crippen LogP contribution is -2.07. The molecule has 0 aliphatic heterocycles. The highest BCUT2D eigenvalue weighted by molar-refractivity contribution is 5.31. The molecule has 3 aromatic rings. The Morgan fingerprint density at radius 2 is 2.04 bits per heavy atom. The standard InChI is InChI=1S/C18H19N3O3/c1-12-5-3-4-6-14(12)17(23-2)18-20-16(24-21-18)10-8-13-7-9-15(22)19-11-13/h3-7,9,11,17H,8,10H2,1-2H3,(H,19,22). The smallest absolute Gasteiger partial charge is 0.247 e. The second-order valence-corrected chi connectivity index (χ2v) is 5.58. The van der Waals surface area contributed by atoms with Gasteiger partial charge in [-0.25, -0.2) is 0 Å². The monoisotopic (exact) mass is 325 g/mol. The molecule has 0 saturated heterocycles.